The van der Waals surface area contributed by atoms with Crippen molar-refractivity contribution in [2.75, 3.05) is 19.5 Å². The Bertz CT molecular complexity index is 1190. The summed E-state index contributed by atoms with van der Waals surface area (Å²) in [6.07, 6.45) is 5.78. The van der Waals surface area contributed by atoms with Crippen LogP contribution in [0.1, 0.15) is 86.5 Å². The van der Waals surface area contributed by atoms with Crippen LogP contribution < -0.4 is 5.32 Å². The van der Waals surface area contributed by atoms with Gasteiger partial charge in [0.15, 0.2) is 5.69 Å². The van der Waals surface area contributed by atoms with E-state index >= 15 is 0 Å². The number of hydrogen-bond donors (Lipinski definition) is 1. The van der Waals surface area contributed by atoms with E-state index in [-0.39, 0.29) is 41.4 Å². The molecule has 1 N–H and O–H groups in total. The second-order valence-electron chi connectivity index (χ2n) is 10.8. The maximum Gasteiger partial charge on any atom is 0.360 e. The highest BCUT2D eigenvalue weighted by Gasteiger charge is 2.56. The molecule has 3 atom stereocenters. The van der Waals surface area contributed by atoms with E-state index in [1.165, 1.54) is 30.7 Å². The maximum absolute atomic E-state index is 13.1. The number of benzene rings is 1. The molecule has 2 aliphatic carbocycles. The number of nitrogens with zero attached hydrogens (tertiary/aromatic N) is 3. The molecule has 1 amide bonds. The minimum absolute atomic E-state index is 0.0511. The van der Waals surface area contributed by atoms with Gasteiger partial charge in [-0.2, -0.15) is 0 Å². The topological polar surface area (TPSA) is 112 Å². The normalized spacial score (nSPS) is 25.0. The summed E-state index contributed by atoms with van der Waals surface area (Å²) in [5.74, 6) is -0.607. The lowest BCUT2D eigenvalue weighted by Gasteiger charge is -2.54. The predicted octanol–water partition coefficient (Wildman–Crippen LogP) is 4.01. The molecular weight excluding hydrogens is 460 g/mol. The lowest BCUT2D eigenvalue weighted by molar-refractivity contribution is -0.161. The molecule has 4 rings (SSSR count). The number of rotatable bonds is 6. The minimum Gasteiger partial charge on any atom is -0.469 e. The third kappa shape index (κ3) is 4.29. The van der Waals surface area contributed by atoms with Crippen LogP contribution >= 0.6 is 0 Å². The fraction of sp³-hybridized carbons (Fsp3) is 0.593. The van der Waals surface area contributed by atoms with E-state index in [9.17, 15) is 14.4 Å². The molecule has 1 fully saturated rings. The fourth-order valence-electron chi connectivity index (χ4n) is 6.59. The van der Waals surface area contributed by atoms with E-state index < -0.39 is 11.4 Å². The average molecular weight is 497 g/mol. The molecular formula is C27H36N4O5. The van der Waals surface area contributed by atoms with E-state index in [0.29, 0.717) is 0 Å². The molecule has 1 saturated carbocycles. The van der Waals surface area contributed by atoms with Crippen molar-refractivity contribution in [3.05, 3.63) is 40.7 Å². The van der Waals surface area contributed by atoms with Gasteiger partial charge in [0.1, 0.15) is 6.54 Å². The van der Waals surface area contributed by atoms with Crippen LogP contribution in [0.5, 0.6) is 0 Å². The molecule has 0 radical (unpaired) electrons. The molecule has 2 aromatic rings. The zero-order chi connectivity index (χ0) is 26.3. The van der Waals surface area contributed by atoms with E-state index in [0.717, 1.165) is 48.9 Å². The number of anilines is 1. The Balaban J connectivity index is 1.68. The van der Waals surface area contributed by atoms with Crippen molar-refractivity contribution in [3.63, 3.8) is 0 Å². The zero-order valence-electron chi connectivity index (χ0n) is 22.0. The number of methoxy groups -OCH3 is 2. The van der Waals surface area contributed by atoms with Crippen molar-refractivity contribution < 1.29 is 23.9 Å². The lowest BCUT2D eigenvalue weighted by Crippen LogP contribution is -2.52. The van der Waals surface area contributed by atoms with Gasteiger partial charge in [0.25, 0.3) is 0 Å². The van der Waals surface area contributed by atoms with Crippen molar-refractivity contribution >= 4 is 23.5 Å². The number of carbonyl (C=O) groups is 3. The first-order valence-corrected chi connectivity index (χ1v) is 12.6. The molecule has 0 saturated heterocycles. The van der Waals surface area contributed by atoms with E-state index in [1.54, 1.807) is 0 Å². The van der Waals surface area contributed by atoms with Gasteiger partial charge in [-0.15, -0.1) is 5.10 Å². The molecule has 1 aromatic heterocycles. The first kappa shape index (κ1) is 25.9. The number of ether oxygens (including phenoxy) is 2. The molecule has 0 aliphatic heterocycles. The van der Waals surface area contributed by atoms with Gasteiger partial charge < -0.3 is 14.8 Å². The Morgan fingerprint density at radius 2 is 1.92 bits per heavy atom. The van der Waals surface area contributed by atoms with Crippen LogP contribution in [0.4, 0.5) is 5.69 Å². The van der Waals surface area contributed by atoms with Crippen LogP contribution in [0.3, 0.4) is 0 Å². The summed E-state index contributed by atoms with van der Waals surface area (Å²) >= 11 is 0. The van der Waals surface area contributed by atoms with Crippen LogP contribution in [-0.4, -0.2) is 47.1 Å². The van der Waals surface area contributed by atoms with Crippen molar-refractivity contribution in [1.82, 2.24) is 15.0 Å². The summed E-state index contributed by atoms with van der Waals surface area (Å²) in [6.45, 7) is 8.46. The maximum atomic E-state index is 13.1. The molecule has 0 unspecified atom stereocenters. The lowest BCUT2D eigenvalue weighted by atomic mass is 9.49. The molecule has 9 nitrogen and oxygen atoms in total. The second kappa shape index (κ2) is 9.67. The third-order valence-electron chi connectivity index (χ3n) is 8.35. The first-order chi connectivity index (χ1) is 17.0. The number of esters is 2. The molecule has 36 heavy (non-hydrogen) atoms. The van der Waals surface area contributed by atoms with Crippen LogP contribution in [0.25, 0.3) is 0 Å². The van der Waals surface area contributed by atoms with Crippen molar-refractivity contribution in [3.8, 4) is 0 Å². The van der Waals surface area contributed by atoms with Gasteiger partial charge in [-0.1, -0.05) is 44.5 Å². The monoisotopic (exact) mass is 496 g/mol. The quantitative estimate of drug-likeness (QED) is 0.601. The fourth-order valence-corrected chi connectivity index (χ4v) is 6.59. The second-order valence-corrected chi connectivity index (χ2v) is 10.8. The van der Waals surface area contributed by atoms with Gasteiger partial charge in [0, 0.05) is 5.69 Å². The standard InChI is InChI=1S/C27H36N4O5/c1-16(2)17-8-10-19-18(9-11-21-26(19,3)12-7-13-27(21,4)25(34)36-6)23(17)28-22(32)15-31-14-20(29-30-31)24(33)35-5/h8,10,14,16,21H,7,9,11-13,15H2,1-6H3,(H,28,32)/t21-,26-,27-/m1/s1. The molecule has 0 bridgehead atoms. The molecule has 194 valence electrons. The Labute approximate surface area is 211 Å². The van der Waals surface area contributed by atoms with Gasteiger partial charge in [-0.3, -0.25) is 9.59 Å². The van der Waals surface area contributed by atoms with Gasteiger partial charge in [0.05, 0.1) is 25.8 Å². The van der Waals surface area contributed by atoms with Gasteiger partial charge in [-0.25, -0.2) is 9.48 Å². The molecule has 9 heteroatoms. The highest BCUT2D eigenvalue weighted by atomic mass is 16.5. The number of hydrogen-bond acceptors (Lipinski definition) is 7. The predicted molar refractivity (Wildman–Crippen MR) is 134 cm³/mol. The molecule has 1 heterocycles. The SMILES string of the molecule is COC(=O)c1cn(CC(=O)Nc2c(C(C)C)ccc3c2CC[C@H]2[C@](C)(C(=O)OC)CCC[C@]32C)nn1. The van der Waals surface area contributed by atoms with Crippen molar-refractivity contribution in [2.45, 2.75) is 77.7 Å². The molecule has 0 spiro atoms. The number of amides is 1. The summed E-state index contributed by atoms with van der Waals surface area (Å²) in [5.41, 5.74) is 3.62. The summed E-state index contributed by atoms with van der Waals surface area (Å²) in [7, 11) is 2.74. The smallest absolute Gasteiger partial charge is 0.360 e. The van der Waals surface area contributed by atoms with Crippen LogP contribution in [0.15, 0.2) is 18.3 Å². The Hall–Kier alpha value is -3.23. The van der Waals surface area contributed by atoms with E-state index in [1.807, 2.05) is 0 Å². The largest absolute Gasteiger partial charge is 0.469 e. The first-order valence-electron chi connectivity index (χ1n) is 12.6. The Morgan fingerprint density at radius 3 is 2.58 bits per heavy atom. The highest BCUT2D eigenvalue weighted by molar-refractivity contribution is 5.93. The van der Waals surface area contributed by atoms with Crippen LogP contribution in [0.2, 0.25) is 0 Å². The Morgan fingerprint density at radius 1 is 1.17 bits per heavy atom. The summed E-state index contributed by atoms with van der Waals surface area (Å²) in [6, 6.07) is 4.32. The summed E-state index contributed by atoms with van der Waals surface area (Å²) < 4.78 is 11.2. The molecule has 1 aromatic carbocycles. The summed E-state index contributed by atoms with van der Waals surface area (Å²) in [5, 5.41) is 10.8. The van der Waals surface area contributed by atoms with Crippen LogP contribution in [0, 0.1) is 11.3 Å². The number of fused-ring (bicyclic) bond motifs is 3. The highest BCUT2D eigenvalue weighted by Crippen LogP contribution is 2.58. The molecule has 2 aliphatic rings. The number of carbonyl (C=O) groups excluding carboxylic acids is 3. The van der Waals surface area contributed by atoms with Crippen molar-refractivity contribution in [2.24, 2.45) is 11.3 Å². The van der Waals surface area contributed by atoms with Gasteiger partial charge in [-0.05, 0) is 66.5 Å². The minimum atomic E-state index is -0.602. The van der Waals surface area contributed by atoms with Crippen LogP contribution in [-0.2, 0) is 37.4 Å². The average Bonchev–Trinajstić information content (AvgIpc) is 3.31. The van der Waals surface area contributed by atoms with Gasteiger partial charge in [0.2, 0.25) is 5.91 Å². The zero-order valence-corrected chi connectivity index (χ0v) is 22.0. The number of nitrogens with one attached hydrogen (secondary N) is 1. The summed E-state index contributed by atoms with van der Waals surface area (Å²) in [4.78, 5) is 37.6. The van der Waals surface area contributed by atoms with E-state index in [4.69, 9.17) is 4.74 Å². The van der Waals surface area contributed by atoms with Crippen molar-refractivity contribution in [1.29, 1.82) is 0 Å². The number of aromatic nitrogens is 3. The third-order valence-corrected chi connectivity index (χ3v) is 8.35. The van der Waals surface area contributed by atoms with Gasteiger partial charge >= 0.3 is 11.9 Å². The van der Waals surface area contributed by atoms with E-state index in [2.05, 4.69) is 60.2 Å². The Kier molecular flexibility index (Phi) is 6.94.